The van der Waals surface area contributed by atoms with Crippen LogP contribution in [0.3, 0.4) is 0 Å². The summed E-state index contributed by atoms with van der Waals surface area (Å²) < 4.78 is 40.9. The van der Waals surface area contributed by atoms with Crippen molar-refractivity contribution >= 4 is 6.03 Å². The summed E-state index contributed by atoms with van der Waals surface area (Å²) >= 11 is 0. The van der Waals surface area contributed by atoms with E-state index in [-0.39, 0.29) is 37.4 Å². The first-order chi connectivity index (χ1) is 16.6. The first-order valence-corrected chi connectivity index (χ1v) is 12.3. The number of aliphatic hydroxyl groups excluding tert-OH is 1. The number of amides is 2. The number of hydrogen-bond acceptors (Lipinski definition) is 4. The second kappa shape index (κ2) is 10.7. The number of β-amino-alcohol motifs (C(OH)–C–C–N with tert-alkyl or cyclic N) is 1. The maximum absolute atomic E-state index is 13.9. The first-order valence-electron chi connectivity index (χ1n) is 12.3. The zero-order valence-corrected chi connectivity index (χ0v) is 20.0. The zero-order chi connectivity index (χ0) is 25.2. The largest absolute Gasteiger partial charge is 0.389 e. The lowest BCUT2D eigenvalue weighted by Crippen LogP contribution is -2.57. The molecule has 0 aromatic heterocycles. The van der Waals surface area contributed by atoms with Gasteiger partial charge in [-0.1, -0.05) is 19.1 Å². The van der Waals surface area contributed by atoms with Crippen molar-refractivity contribution < 1.29 is 28.2 Å². The van der Waals surface area contributed by atoms with Crippen molar-refractivity contribution in [3.8, 4) is 0 Å². The molecule has 9 heteroatoms. The molecule has 2 saturated heterocycles. The van der Waals surface area contributed by atoms with Crippen LogP contribution in [-0.2, 0) is 0 Å². The van der Waals surface area contributed by atoms with Crippen molar-refractivity contribution in [2.24, 2.45) is 5.92 Å². The van der Waals surface area contributed by atoms with E-state index in [1.165, 1.54) is 30.0 Å². The summed E-state index contributed by atoms with van der Waals surface area (Å²) in [5.41, 5.74) is -0.0992. The number of nitrogens with one attached hydrogen (secondary N) is 1. The summed E-state index contributed by atoms with van der Waals surface area (Å²) in [6.45, 7) is 3.78. The number of nitrogens with zero attached hydrogens (tertiary/aromatic N) is 2. The van der Waals surface area contributed by atoms with Gasteiger partial charge >= 0.3 is 6.03 Å². The normalized spacial score (nSPS) is 26.6. The number of halogens is 3. The van der Waals surface area contributed by atoms with E-state index in [4.69, 9.17) is 0 Å². The molecule has 2 aliphatic heterocycles. The van der Waals surface area contributed by atoms with Gasteiger partial charge in [0.25, 0.3) is 0 Å². The number of piperidine rings is 2. The van der Waals surface area contributed by atoms with Crippen LogP contribution in [0.15, 0.2) is 47.9 Å². The van der Waals surface area contributed by atoms with E-state index >= 15 is 0 Å². The van der Waals surface area contributed by atoms with Gasteiger partial charge in [-0.15, -0.1) is 0 Å². The summed E-state index contributed by atoms with van der Waals surface area (Å²) in [7, 11) is 0. The van der Waals surface area contributed by atoms with E-state index in [1.807, 2.05) is 12.1 Å². The van der Waals surface area contributed by atoms with Crippen molar-refractivity contribution in [1.29, 1.82) is 0 Å². The van der Waals surface area contributed by atoms with Gasteiger partial charge in [0, 0.05) is 31.2 Å². The van der Waals surface area contributed by atoms with Gasteiger partial charge in [-0.05, 0) is 74.5 Å². The monoisotopic (exact) mass is 493 g/mol. The van der Waals surface area contributed by atoms with Gasteiger partial charge in [0.1, 0.15) is 17.8 Å². The van der Waals surface area contributed by atoms with Crippen LogP contribution in [0.4, 0.5) is 18.0 Å². The van der Waals surface area contributed by atoms with Crippen LogP contribution >= 0.6 is 0 Å². The van der Waals surface area contributed by atoms with Crippen molar-refractivity contribution in [1.82, 2.24) is 15.1 Å². The summed E-state index contributed by atoms with van der Waals surface area (Å²) in [6.07, 6.45) is 2.07. The Kier molecular flexibility index (Phi) is 7.88. The molecule has 3 unspecified atom stereocenters. The Bertz CT molecular complexity index is 952. The number of urea groups is 1. The van der Waals surface area contributed by atoms with Gasteiger partial charge in [-0.3, -0.25) is 0 Å². The van der Waals surface area contributed by atoms with Crippen LogP contribution in [0, 0.1) is 11.7 Å². The SMILES string of the molecule is CC1C(F)=CC(NC(=O)N2CCC(O)(C(O)CN3CCC(c4ccc(F)cc4)CC3)CC2)=CC1F. The van der Waals surface area contributed by atoms with Crippen molar-refractivity contribution in [2.45, 2.75) is 56.4 Å². The number of aliphatic hydroxyl groups is 2. The fourth-order valence-electron chi connectivity index (χ4n) is 5.10. The third-order valence-electron chi connectivity index (χ3n) is 7.69. The minimum atomic E-state index is -1.50. The molecular formula is C26H34F3N3O3. The number of rotatable bonds is 5. The molecule has 0 radical (unpaired) electrons. The molecule has 1 aromatic rings. The van der Waals surface area contributed by atoms with Crippen molar-refractivity contribution in [3.05, 3.63) is 59.3 Å². The highest BCUT2D eigenvalue weighted by Crippen LogP contribution is 2.31. The minimum Gasteiger partial charge on any atom is -0.389 e. The van der Waals surface area contributed by atoms with E-state index in [2.05, 4.69) is 10.2 Å². The average molecular weight is 494 g/mol. The molecule has 35 heavy (non-hydrogen) atoms. The molecule has 3 aliphatic rings. The van der Waals surface area contributed by atoms with Crippen LogP contribution in [0.25, 0.3) is 0 Å². The quantitative estimate of drug-likeness (QED) is 0.586. The molecule has 0 spiro atoms. The Hall–Kier alpha value is -2.36. The Labute approximate surface area is 204 Å². The van der Waals surface area contributed by atoms with Crippen LogP contribution in [0.2, 0.25) is 0 Å². The smallest absolute Gasteiger partial charge is 0.321 e. The van der Waals surface area contributed by atoms with Gasteiger partial charge in [0.05, 0.1) is 11.7 Å². The molecule has 2 amide bonds. The fraction of sp³-hybridized carbons (Fsp3) is 0.577. The molecule has 6 nitrogen and oxygen atoms in total. The summed E-state index contributed by atoms with van der Waals surface area (Å²) in [5.74, 6) is -1.37. The highest BCUT2D eigenvalue weighted by molar-refractivity contribution is 5.77. The Morgan fingerprint density at radius 2 is 1.77 bits per heavy atom. The number of hydrogen-bond donors (Lipinski definition) is 3. The zero-order valence-electron chi connectivity index (χ0n) is 20.0. The number of likely N-dealkylation sites (tertiary alicyclic amines) is 2. The van der Waals surface area contributed by atoms with Crippen LogP contribution in [0.5, 0.6) is 0 Å². The molecule has 3 N–H and O–H groups in total. The Morgan fingerprint density at radius 3 is 2.37 bits per heavy atom. The van der Waals surface area contributed by atoms with E-state index in [0.29, 0.717) is 12.5 Å². The Balaban J connectivity index is 1.23. The molecule has 192 valence electrons. The molecule has 2 fully saturated rings. The van der Waals surface area contributed by atoms with E-state index < -0.39 is 35.7 Å². The number of benzene rings is 1. The third kappa shape index (κ3) is 6.08. The third-order valence-corrected chi connectivity index (χ3v) is 7.69. The molecule has 3 atom stereocenters. The number of carbonyl (C=O) groups is 1. The van der Waals surface area contributed by atoms with E-state index in [9.17, 15) is 28.2 Å². The summed E-state index contributed by atoms with van der Waals surface area (Å²) in [5, 5.41) is 24.4. The lowest BCUT2D eigenvalue weighted by molar-refractivity contribution is -0.113. The minimum absolute atomic E-state index is 0.0861. The first kappa shape index (κ1) is 25.7. The molecule has 0 bridgehead atoms. The fourth-order valence-corrected chi connectivity index (χ4v) is 5.10. The van der Waals surface area contributed by atoms with E-state index in [0.717, 1.165) is 37.6 Å². The Morgan fingerprint density at radius 1 is 1.14 bits per heavy atom. The molecule has 0 saturated carbocycles. The number of allylic oxidation sites excluding steroid dienone is 3. The lowest BCUT2D eigenvalue weighted by atomic mass is 9.84. The van der Waals surface area contributed by atoms with Gasteiger partial charge in [0.15, 0.2) is 0 Å². The summed E-state index contributed by atoms with van der Waals surface area (Å²) in [4.78, 5) is 16.2. The van der Waals surface area contributed by atoms with Crippen LogP contribution in [0.1, 0.15) is 44.1 Å². The topological polar surface area (TPSA) is 76.0 Å². The van der Waals surface area contributed by atoms with Crippen LogP contribution in [-0.4, -0.2) is 76.6 Å². The van der Waals surface area contributed by atoms with Gasteiger partial charge in [-0.2, -0.15) is 0 Å². The molecule has 2 heterocycles. The van der Waals surface area contributed by atoms with Gasteiger partial charge in [-0.25, -0.2) is 18.0 Å². The maximum Gasteiger partial charge on any atom is 0.321 e. The molecule has 4 rings (SSSR count). The van der Waals surface area contributed by atoms with Gasteiger partial charge < -0.3 is 25.3 Å². The van der Waals surface area contributed by atoms with Crippen LogP contribution < -0.4 is 5.32 Å². The van der Waals surface area contributed by atoms with Crippen molar-refractivity contribution in [2.75, 3.05) is 32.7 Å². The number of alkyl halides is 1. The van der Waals surface area contributed by atoms with E-state index in [1.54, 1.807) is 0 Å². The second-order valence-corrected chi connectivity index (χ2v) is 10.0. The summed E-state index contributed by atoms with van der Waals surface area (Å²) in [6, 6.07) is 6.12. The lowest BCUT2D eigenvalue weighted by Gasteiger charge is -2.43. The van der Waals surface area contributed by atoms with Crippen molar-refractivity contribution in [3.63, 3.8) is 0 Å². The highest BCUT2D eigenvalue weighted by atomic mass is 19.1. The highest BCUT2D eigenvalue weighted by Gasteiger charge is 2.41. The molecular weight excluding hydrogens is 459 g/mol. The predicted molar refractivity (Wildman–Crippen MR) is 126 cm³/mol. The predicted octanol–water partition coefficient (Wildman–Crippen LogP) is 3.63. The standard InChI is InChI=1S/C26H34F3N3O3/c1-17-22(28)14-21(15-23(17)29)30-25(34)32-12-8-26(35,9-13-32)24(33)16-31-10-6-19(7-11-31)18-2-4-20(27)5-3-18/h2-5,14-15,17,19,22,24,33,35H,6-13,16H2,1H3,(H,30,34). The molecule has 1 aromatic carbocycles. The average Bonchev–Trinajstić information content (AvgIpc) is 2.84. The number of carbonyl (C=O) groups excluding carboxylic acids is 1. The molecule has 1 aliphatic carbocycles. The van der Waals surface area contributed by atoms with Gasteiger partial charge in [0.2, 0.25) is 0 Å². The second-order valence-electron chi connectivity index (χ2n) is 10.0. The maximum atomic E-state index is 13.9.